The Bertz CT molecular complexity index is 173. The number of H-pyrrole nitrogens is 1. The number of imidazole rings is 1. The number of nitrogens with two attached hydrogens (primary N) is 1. The minimum absolute atomic E-state index is 0.474. The molecule has 4 nitrogen and oxygen atoms in total. The van der Waals surface area contributed by atoms with E-state index in [2.05, 4.69) is 9.97 Å². The van der Waals surface area contributed by atoms with Gasteiger partial charge in [0.15, 0.2) is 0 Å². The van der Waals surface area contributed by atoms with Crippen molar-refractivity contribution in [2.24, 2.45) is 5.73 Å². The van der Waals surface area contributed by atoms with Crippen molar-refractivity contribution in [3.63, 3.8) is 0 Å². The van der Waals surface area contributed by atoms with Crippen LogP contribution in [-0.2, 0) is 0 Å². The number of aliphatic hydroxyl groups excluding tert-OH is 1. The van der Waals surface area contributed by atoms with E-state index >= 15 is 0 Å². The lowest BCUT2D eigenvalue weighted by Crippen LogP contribution is -2.07. The Balaban J connectivity index is 2.50. The molecule has 0 saturated heterocycles. The normalized spacial score (nSPS) is 13.4. The topological polar surface area (TPSA) is 74.9 Å². The second kappa shape index (κ2) is 3.34. The summed E-state index contributed by atoms with van der Waals surface area (Å²) in [5, 5.41) is 9.24. The van der Waals surface area contributed by atoms with Gasteiger partial charge in [-0.2, -0.15) is 0 Å². The van der Waals surface area contributed by atoms with Gasteiger partial charge in [-0.3, -0.25) is 0 Å². The first-order chi connectivity index (χ1) is 4.84. The van der Waals surface area contributed by atoms with Gasteiger partial charge < -0.3 is 15.8 Å². The van der Waals surface area contributed by atoms with Crippen molar-refractivity contribution in [2.75, 3.05) is 6.54 Å². The van der Waals surface area contributed by atoms with E-state index in [1.807, 2.05) is 0 Å². The highest BCUT2D eigenvalue weighted by Gasteiger charge is 2.06. The maximum absolute atomic E-state index is 9.24. The van der Waals surface area contributed by atoms with Crippen molar-refractivity contribution in [1.29, 1.82) is 0 Å². The van der Waals surface area contributed by atoms with Crippen LogP contribution in [0.15, 0.2) is 12.4 Å². The van der Waals surface area contributed by atoms with Gasteiger partial charge in [-0.1, -0.05) is 0 Å². The lowest BCUT2D eigenvalue weighted by molar-refractivity contribution is 0.161. The SMILES string of the molecule is NCC[C@@H](O)c1ncc[nH]1. The third-order valence-corrected chi connectivity index (χ3v) is 1.28. The molecule has 0 aliphatic heterocycles. The second-order valence-electron chi connectivity index (χ2n) is 2.07. The maximum atomic E-state index is 9.24. The predicted octanol–water partition coefficient (Wildman–Crippen LogP) is -0.208. The molecule has 0 bridgehead atoms. The van der Waals surface area contributed by atoms with Gasteiger partial charge in [0.1, 0.15) is 11.9 Å². The van der Waals surface area contributed by atoms with Crippen LogP contribution < -0.4 is 5.73 Å². The maximum Gasteiger partial charge on any atom is 0.135 e. The number of nitrogens with one attached hydrogen (secondary N) is 1. The predicted molar refractivity (Wildman–Crippen MR) is 37.2 cm³/mol. The van der Waals surface area contributed by atoms with Crippen LogP contribution in [0.1, 0.15) is 18.3 Å². The van der Waals surface area contributed by atoms with E-state index < -0.39 is 6.10 Å². The minimum Gasteiger partial charge on any atom is -0.385 e. The Labute approximate surface area is 59.1 Å². The summed E-state index contributed by atoms with van der Waals surface area (Å²) >= 11 is 0. The van der Waals surface area contributed by atoms with Crippen molar-refractivity contribution in [3.05, 3.63) is 18.2 Å². The molecule has 1 heterocycles. The summed E-state index contributed by atoms with van der Waals surface area (Å²) in [5.41, 5.74) is 5.23. The molecule has 0 saturated carbocycles. The van der Waals surface area contributed by atoms with Crippen LogP contribution in [0.4, 0.5) is 0 Å². The molecular weight excluding hydrogens is 130 g/mol. The second-order valence-corrected chi connectivity index (χ2v) is 2.07. The summed E-state index contributed by atoms with van der Waals surface area (Å²) in [6.07, 6.45) is 3.29. The van der Waals surface area contributed by atoms with Crippen molar-refractivity contribution in [1.82, 2.24) is 9.97 Å². The van der Waals surface area contributed by atoms with Gasteiger partial charge in [0.25, 0.3) is 0 Å². The molecule has 10 heavy (non-hydrogen) atoms. The molecule has 0 spiro atoms. The molecule has 0 radical (unpaired) electrons. The average molecular weight is 141 g/mol. The largest absolute Gasteiger partial charge is 0.385 e. The van der Waals surface area contributed by atoms with E-state index in [-0.39, 0.29) is 0 Å². The van der Waals surface area contributed by atoms with Gasteiger partial charge in [-0.25, -0.2) is 4.98 Å². The number of hydrogen-bond acceptors (Lipinski definition) is 3. The lowest BCUT2D eigenvalue weighted by atomic mass is 10.2. The quantitative estimate of drug-likeness (QED) is 0.545. The fourth-order valence-electron chi connectivity index (χ4n) is 0.754. The Hall–Kier alpha value is -0.870. The van der Waals surface area contributed by atoms with Crippen LogP contribution in [0.25, 0.3) is 0 Å². The standard InChI is InChI=1S/C6H11N3O/c7-2-1-5(10)6-8-3-4-9-6/h3-5,10H,1-2,7H2,(H,8,9)/t5-/m1/s1. The number of aromatic nitrogens is 2. The molecule has 4 N–H and O–H groups in total. The zero-order valence-corrected chi connectivity index (χ0v) is 5.62. The summed E-state index contributed by atoms with van der Waals surface area (Å²) in [4.78, 5) is 6.68. The molecule has 0 unspecified atom stereocenters. The highest BCUT2D eigenvalue weighted by atomic mass is 16.3. The first-order valence-electron chi connectivity index (χ1n) is 3.22. The van der Waals surface area contributed by atoms with E-state index in [1.54, 1.807) is 12.4 Å². The molecule has 0 aliphatic rings. The highest BCUT2D eigenvalue weighted by molar-refractivity contribution is 4.91. The molecule has 0 amide bonds. The van der Waals surface area contributed by atoms with E-state index in [4.69, 9.17) is 5.73 Å². The van der Waals surface area contributed by atoms with Crippen LogP contribution in [0.5, 0.6) is 0 Å². The Morgan fingerprint density at radius 3 is 3.10 bits per heavy atom. The number of aromatic amines is 1. The van der Waals surface area contributed by atoms with Gasteiger partial charge >= 0.3 is 0 Å². The van der Waals surface area contributed by atoms with E-state index in [0.29, 0.717) is 18.8 Å². The number of aliphatic hydroxyl groups is 1. The molecule has 0 aliphatic carbocycles. The van der Waals surface area contributed by atoms with Crippen LogP contribution in [0.3, 0.4) is 0 Å². The number of nitrogens with zero attached hydrogens (tertiary/aromatic N) is 1. The molecule has 1 aromatic rings. The van der Waals surface area contributed by atoms with Crippen LogP contribution in [0, 0.1) is 0 Å². The van der Waals surface area contributed by atoms with Gasteiger partial charge in [0.2, 0.25) is 0 Å². The van der Waals surface area contributed by atoms with Crippen molar-refractivity contribution in [2.45, 2.75) is 12.5 Å². The Morgan fingerprint density at radius 1 is 1.80 bits per heavy atom. The summed E-state index contributed by atoms with van der Waals surface area (Å²) < 4.78 is 0. The van der Waals surface area contributed by atoms with E-state index in [0.717, 1.165) is 0 Å². The molecule has 4 heteroatoms. The molecule has 1 rings (SSSR count). The molecular formula is C6H11N3O. The van der Waals surface area contributed by atoms with Crippen LogP contribution in [-0.4, -0.2) is 21.6 Å². The molecule has 0 aromatic carbocycles. The van der Waals surface area contributed by atoms with Gasteiger partial charge in [-0.05, 0) is 13.0 Å². The fraction of sp³-hybridized carbons (Fsp3) is 0.500. The summed E-state index contributed by atoms with van der Waals surface area (Å²) in [6, 6.07) is 0. The van der Waals surface area contributed by atoms with Gasteiger partial charge in [0, 0.05) is 12.4 Å². The number of rotatable bonds is 3. The molecule has 1 atom stereocenters. The zero-order chi connectivity index (χ0) is 7.40. The number of hydrogen-bond donors (Lipinski definition) is 3. The van der Waals surface area contributed by atoms with Crippen molar-refractivity contribution >= 4 is 0 Å². The fourth-order valence-corrected chi connectivity index (χ4v) is 0.754. The molecule has 1 aromatic heterocycles. The van der Waals surface area contributed by atoms with Gasteiger partial charge in [-0.15, -0.1) is 0 Å². The monoisotopic (exact) mass is 141 g/mol. The first kappa shape index (κ1) is 7.24. The first-order valence-corrected chi connectivity index (χ1v) is 3.22. The summed E-state index contributed by atoms with van der Waals surface area (Å²) in [5.74, 6) is 0.588. The Kier molecular flexibility index (Phi) is 2.42. The van der Waals surface area contributed by atoms with Crippen molar-refractivity contribution in [3.8, 4) is 0 Å². The smallest absolute Gasteiger partial charge is 0.135 e. The third-order valence-electron chi connectivity index (χ3n) is 1.28. The third kappa shape index (κ3) is 1.55. The van der Waals surface area contributed by atoms with Crippen LogP contribution in [0.2, 0.25) is 0 Å². The minimum atomic E-state index is -0.542. The lowest BCUT2D eigenvalue weighted by Gasteiger charge is -2.03. The Morgan fingerprint density at radius 2 is 2.60 bits per heavy atom. The highest BCUT2D eigenvalue weighted by Crippen LogP contribution is 2.08. The summed E-state index contributed by atoms with van der Waals surface area (Å²) in [7, 11) is 0. The van der Waals surface area contributed by atoms with E-state index in [9.17, 15) is 5.11 Å². The average Bonchev–Trinajstić information content (AvgIpc) is 2.38. The van der Waals surface area contributed by atoms with Crippen LogP contribution >= 0.6 is 0 Å². The summed E-state index contributed by atoms with van der Waals surface area (Å²) in [6.45, 7) is 0.474. The van der Waals surface area contributed by atoms with E-state index in [1.165, 1.54) is 0 Å². The molecule has 56 valence electrons. The molecule has 0 fully saturated rings. The van der Waals surface area contributed by atoms with Gasteiger partial charge in [0.05, 0.1) is 0 Å². The zero-order valence-electron chi connectivity index (χ0n) is 5.62. The van der Waals surface area contributed by atoms with Crippen molar-refractivity contribution < 1.29 is 5.11 Å².